The number of benzene rings is 3. The van der Waals surface area contributed by atoms with Crippen molar-refractivity contribution in [3.05, 3.63) is 102 Å². The van der Waals surface area contributed by atoms with E-state index in [0.717, 1.165) is 23.1 Å². The molecule has 0 spiro atoms. The Morgan fingerprint density at radius 3 is 1.85 bits per heavy atom. The minimum Gasteiger partial charge on any atom is -0.490 e. The summed E-state index contributed by atoms with van der Waals surface area (Å²) in [4.78, 5) is 23.4. The molecule has 0 N–H and O–H groups in total. The van der Waals surface area contributed by atoms with E-state index < -0.39 is 11.9 Å². The number of methoxy groups -OCH3 is 2. The van der Waals surface area contributed by atoms with Crippen molar-refractivity contribution >= 4 is 11.9 Å². The van der Waals surface area contributed by atoms with Crippen molar-refractivity contribution in [3.8, 4) is 28.0 Å². The van der Waals surface area contributed by atoms with Gasteiger partial charge in [0.05, 0.1) is 31.0 Å². The number of ether oxygens (including phenoxy) is 5. The van der Waals surface area contributed by atoms with E-state index in [0.29, 0.717) is 35.5 Å². The predicted octanol–water partition coefficient (Wildman–Crippen LogP) is 5.96. The maximum atomic E-state index is 15.1. The Balaban J connectivity index is 1.49. The summed E-state index contributed by atoms with van der Waals surface area (Å²) in [5.41, 5.74) is 4.48. The van der Waals surface area contributed by atoms with Gasteiger partial charge in [0, 0.05) is 19.8 Å². The third-order valence-corrected chi connectivity index (χ3v) is 6.06. The van der Waals surface area contributed by atoms with Crippen molar-refractivity contribution in [1.82, 2.24) is 0 Å². The molecule has 3 aromatic carbocycles. The summed E-state index contributed by atoms with van der Waals surface area (Å²) in [6.07, 6.45) is 1.42. The van der Waals surface area contributed by atoms with Crippen LogP contribution in [0, 0.1) is 5.82 Å². The average molecular weight is 563 g/mol. The van der Waals surface area contributed by atoms with Gasteiger partial charge in [0.25, 0.3) is 0 Å². The first-order chi connectivity index (χ1) is 19.8. The van der Waals surface area contributed by atoms with E-state index in [-0.39, 0.29) is 37.8 Å². The lowest BCUT2D eigenvalue weighted by Crippen LogP contribution is -2.15. The maximum absolute atomic E-state index is 15.1. The molecule has 0 aliphatic carbocycles. The highest BCUT2D eigenvalue weighted by Gasteiger charge is 2.11. The molecule has 0 saturated heterocycles. The fraction of sp³-hybridized carbons (Fsp3) is 0.273. The standard InChI is InChI=1S/C33H35FO7/c1-23(21-37-3)32(35)40-17-5-6-25-7-9-26(10-8-25)28-13-16-30(31(34)20-28)27-11-14-29(15-12-27)39-18-19-41-33(36)24(2)22-38-4/h7-16,20H,1-2,5-6,17-19,21-22H2,3-4H3. The van der Waals surface area contributed by atoms with E-state index in [9.17, 15) is 9.59 Å². The van der Waals surface area contributed by atoms with Crippen molar-refractivity contribution in [1.29, 1.82) is 0 Å². The smallest absolute Gasteiger partial charge is 0.335 e. The van der Waals surface area contributed by atoms with Gasteiger partial charge in [-0.3, -0.25) is 0 Å². The predicted molar refractivity (Wildman–Crippen MR) is 155 cm³/mol. The van der Waals surface area contributed by atoms with Gasteiger partial charge in [0.1, 0.15) is 24.8 Å². The highest BCUT2D eigenvalue weighted by Crippen LogP contribution is 2.29. The van der Waals surface area contributed by atoms with Crippen LogP contribution in [0.5, 0.6) is 5.75 Å². The summed E-state index contributed by atoms with van der Waals surface area (Å²) in [7, 11) is 2.97. The molecule has 0 atom stereocenters. The molecule has 0 bridgehead atoms. The van der Waals surface area contributed by atoms with Gasteiger partial charge in [-0.05, 0) is 53.3 Å². The zero-order valence-corrected chi connectivity index (χ0v) is 23.5. The Hall–Kier alpha value is -4.27. The van der Waals surface area contributed by atoms with Crippen molar-refractivity contribution in [2.24, 2.45) is 0 Å². The van der Waals surface area contributed by atoms with Crippen LogP contribution in [0.4, 0.5) is 4.39 Å². The molecule has 0 aliphatic rings. The van der Waals surface area contributed by atoms with E-state index >= 15 is 4.39 Å². The number of esters is 2. The number of halogens is 1. The molecule has 0 saturated carbocycles. The SMILES string of the molecule is C=C(COC)C(=O)OCCCc1ccc(-c2ccc(-c3ccc(OCCOC(=O)C(=C)COC)cc3)c(F)c2)cc1. The van der Waals surface area contributed by atoms with Crippen LogP contribution < -0.4 is 4.74 Å². The number of hydrogen-bond acceptors (Lipinski definition) is 7. The Kier molecular flexibility index (Phi) is 12.3. The van der Waals surface area contributed by atoms with Crippen molar-refractivity contribution < 1.29 is 37.7 Å². The molecule has 0 amide bonds. The molecule has 7 nitrogen and oxygen atoms in total. The zero-order valence-electron chi connectivity index (χ0n) is 23.5. The highest BCUT2D eigenvalue weighted by atomic mass is 19.1. The summed E-state index contributed by atoms with van der Waals surface area (Å²) < 4.78 is 40.7. The van der Waals surface area contributed by atoms with Crippen LogP contribution in [-0.2, 0) is 35.0 Å². The molecule has 0 radical (unpaired) electrons. The van der Waals surface area contributed by atoms with Crippen molar-refractivity contribution in [3.63, 3.8) is 0 Å². The second-order valence-corrected chi connectivity index (χ2v) is 9.21. The van der Waals surface area contributed by atoms with Gasteiger partial charge in [0.15, 0.2) is 0 Å². The number of carbonyl (C=O) groups is 2. The van der Waals surface area contributed by atoms with Crippen molar-refractivity contribution in [2.45, 2.75) is 12.8 Å². The minimum atomic E-state index is -0.526. The lowest BCUT2D eigenvalue weighted by molar-refractivity contribution is -0.140. The molecule has 3 aromatic rings. The van der Waals surface area contributed by atoms with Gasteiger partial charge in [-0.2, -0.15) is 0 Å². The normalized spacial score (nSPS) is 10.6. The van der Waals surface area contributed by atoms with E-state index in [1.165, 1.54) is 20.3 Å². The number of carbonyl (C=O) groups excluding carboxylic acids is 2. The molecule has 0 aromatic heterocycles. The summed E-state index contributed by atoms with van der Waals surface area (Å²) >= 11 is 0. The third kappa shape index (κ3) is 9.70. The maximum Gasteiger partial charge on any atom is 0.335 e. The second kappa shape index (κ2) is 16.1. The number of rotatable bonds is 16. The minimum absolute atomic E-state index is 0.0711. The Morgan fingerprint density at radius 1 is 0.707 bits per heavy atom. The van der Waals surface area contributed by atoms with Crippen LogP contribution in [0.3, 0.4) is 0 Å². The third-order valence-electron chi connectivity index (χ3n) is 6.06. The number of aryl methyl sites for hydroxylation is 1. The van der Waals surface area contributed by atoms with Gasteiger partial charge < -0.3 is 23.7 Å². The van der Waals surface area contributed by atoms with Crippen molar-refractivity contribution in [2.75, 3.05) is 47.3 Å². The summed E-state index contributed by atoms with van der Waals surface area (Å²) in [6.45, 7) is 8.02. The molecule has 41 heavy (non-hydrogen) atoms. The number of hydrogen-bond donors (Lipinski definition) is 0. The molecule has 8 heteroatoms. The van der Waals surface area contributed by atoms with Crippen LogP contribution >= 0.6 is 0 Å². The van der Waals surface area contributed by atoms with Crippen LogP contribution in [0.1, 0.15) is 12.0 Å². The van der Waals surface area contributed by atoms with Gasteiger partial charge >= 0.3 is 11.9 Å². The molecule has 0 fully saturated rings. The average Bonchev–Trinajstić information content (AvgIpc) is 2.98. The van der Waals surface area contributed by atoms with Crippen LogP contribution in [0.25, 0.3) is 22.3 Å². The summed E-state index contributed by atoms with van der Waals surface area (Å²) in [5, 5.41) is 0. The van der Waals surface area contributed by atoms with Crippen LogP contribution in [0.15, 0.2) is 91.0 Å². The largest absolute Gasteiger partial charge is 0.490 e. The Labute approximate surface area is 240 Å². The van der Waals surface area contributed by atoms with Crippen LogP contribution in [0.2, 0.25) is 0 Å². The lowest BCUT2D eigenvalue weighted by Gasteiger charge is -2.10. The summed E-state index contributed by atoms with van der Waals surface area (Å²) in [5.74, 6) is -0.729. The molecule has 0 aliphatic heterocycles. The monoisotopic (exact) mass is 562 g/mol. The first-order valence-corrected chi connectivity index (χ1v) is 13.1. The van der Waals surface area contributed by atoms with E-state index in [2.05, 4.69) is 13.2 Å². The molecular weight excluding hydrogens is 527 g/mol. The first kappa shape index (κ1) is 31.3. The fourth-order valence-electron chi connectivity index (χ4n) is 3.93. The first-order valence-electron chi connectivity index (χ1n) is 13.1. The van der Waals surface area contributed by atoms with E-state index in [4.69, 9.17) is 23.7 Å². The van der Waals surface area contributed by atoms with Gasteiger partial charge in [-0.1, -0.05) is 61.7 Å². The van der Waals surface area contributed by atoms with E-state index in [1.54, 1.807) is 30.3 Å². The van der Waals surface area contributed by atoms with E-state index in [1.807, 2.05) is 30.3 Å². The van der Waals surface area contributed by atoms with Gasteiger partial charge in [-0.15, -0.1) is 0 Å². The Morgan fingerprint density at radius 2 is 1.27 bits per heavy atom. The zero-order chi connectivity index (χ0) is 29.6. The molecule has 216 valence electrons. The van der Waals surface area contributed by atoms with Gasteiger partial charge in [0.2, 0.25) is 0 Å². The quantitative estimate of drug-likeness (QED) is 0.121. The summed E-state index contributed by atoms with van der Waals surface area (Å²) in [6, 6.07) is 20.1. The molecule has 3 rings (SSSR count). The second-order valence-electron chi connectivity index (χ2n) is 9.21. The highest BCUT2D eigenvalue weighted by molar-refractivity contribution is 5.88. The lowest BCUT2D eigenvalue weighted by atomic mass is 9.98. The molecular formula is C33H35FO7. The van der Waals surface area contributed by atoms with Crippen LogP contribution in [-0.4, -0.2) is 59.2 Å². The van der Waals surface area contributed by atoms with Gasteiger partial charge in [-0.25, -0.2) is 14.0 Å². The fourth-order valence-corrected chi connectivity index (χ4v) is 3.93. The molecule has 0 unspecified atom stereocenters. The topological polar surface area (TPSA) is 80.3 Å². The molecule has 0 heterocycles. The Bertz CT molecular complexity index is 1330.